The topological polar surface area (TPSA) is 52.6 Å². The fourth-order valence-electron chi connectivity index (χ4n) is 0.427. The highest BCUT2D eigenvalue weighted by Crippen LogP contribution is 2.38. The average Bonchev–Trinajstić information content (AvgIpc) is 2.14. The quantitative estimate of drug-likeness (QED) is 0.728. The Morgan fingerprint density at radius 3 is 1.71 bits per heavy atom. The van der Waals surface area contributed by atoms with Crippen LogP contribution in [0.4, 0.5) is 35.3 Å². The van der Waals surface area contributed by atoms with E-state index in [0.29, 0.717) is 0 Å². The summed E-state index contributed by atoms with van der Waals surface area (Å²) in [6.07, 6.45) is -16.9. The maximum Gasteiger partial charge on any atom is 0.483 e. The zero-order valence-corrected chi connectivity index (χ0v) is 8.04. The van der Waals surface area contributed by atoms with Crippen LogP contribution < -0.4 is 0 Å². The van der Waals surface area contributed by atoms with E-state index < -0.39 is 34.3 Å². The molecule has 0 aliphatic heterocycles. The van der Waals surface area contributed by atoms with Crippen LogP contribution >= 0.6 is 0 Å². The van der Waals surface area contributed by atoms with Gasteiger partial charge in [0.2, 0.25) is 0 Å². The molecule has 104 valence electrons. The van der Waals surface area contributed by atoms with E-state index in [1.807, 2.05) is 4.39 Å². The molecule has 0 saturated carbocycles. The molecule has 0 heterocycles. The summed E-state index contributed by atoms with van der Waals surface area (Å²) in [4.78, 5) is 0. The zero-order valence-electron chi connectivity index (χ0n) is 7.22. The molecule has 0 bridgehead atoms. The van der Waals surface area contributed by atoms with Crippen molar-refractivity contribution in [2.45, 2.75) is 24.1 Å². The van der Waals surface area contributed by atoms with E-state index in [2.05, 4.69) is 4.74 Å². The summed E-state index contributed by atoms with van der Waals surface area (Å²) in [5.41, 5.74) is -4.21. The van der Waals surface area contributed by atoms with Crippen molar-refractivity contribution in [1.82, 2.24) is 0 Å². The van der Waals surface area contributed by atoms with Crippen molar-refractivity contribution in [2.75, 3.05) is 0 Å². The number of rotatable bonds is 5. The van der Waals surface area contributed by atoms with Crippen molar-refractivity contribution < 1.29 is 52.8 Å². The van der Waals surface area contributed by atoms with Gasteiger partial charge in [-0.05, 0) is 4.53 Å². The molecule has 17 heavy (non-hydrogen) atoms. The molecule has 0 fully saturated rings. The van der Waals surface area contributed by atoms with Crippen LogP contribution in [-0.2, 0) is 19.2 Å². The van der Waals surface area contributed by atoms with Crippen molar-refractivity contribution in [1.29, 1.82) is 0 Å². The zero-order chi connectivity index (χ0) is 14.1. The largest absolute Gasteiger partial charge is 0.483 e. The summed E-state index contributed by atoms with van der Waals surface area (Å²) in [6, 6.07) is 0. The molecule has 13 heteroatoms. The SMILES string of the molecule is O=S(=O)(OF)C(F)C(F)OC(F)(F)C(F)(F)F. The molecule has 0 radical (unpaired) electrons. The normalized spacial score (nSPS) is 17.9. The van der Waals surface area contributed by atoms with Gasteiger partial charge >= 0.3 is 22.4 Å². The molecule has 0 aromatic carbocycles. The lowest BCUT2D eigenvalue weighted by atomic mass is 10.6. The monoisotopic (exact) mass is 298 g/mol. The molecule has 0 N–H and O–H groups in total. The van der Waals surface area contributed by atoms with Gasteiger partial charge in [-0.1, -0.05) is 4.39 Å². The highest BCUT2D eigenvalue weighted by atomic mass is 32.2. The minimum Gasteiger partial charge on any atom is -0.274 e. The van der Waals surface area contributed by atoms with E-state index >= 15 is 0 Å². The van der Waals surface area contributed by atoms with Gasteiger partial charge < -0.3 is 0 Å². The predicted octanol–water partition coefficient (Wildman–Crippen LogP) is 1.98. The maximum absolute atomic E-state index is 12.3. The van der Waals surface area contributed by atoms with Crippen LogP contribution in [0.5, 0.6) is 0 Å². The van der Waals surface area contributed by atoms with Gasteiger partial charge in [0, 0.05) is 0 Å². The van der Waals surface area contributed by atoms with Gasteiger partial charge in [0.25, 0.3) is 11.9 Å². The number of hydrogen-bond donors (Lipinski definition) is 0. The van der Waals surface area contributed by atoms with Gasteiger partial charge in [-0.2, -0.15) is 30.4 Å². The Morgan fingerprint density at radius 1 is 1.00 bits per heavy atom. The van der Waals surface area contributed by atoms with Crippen LogP contribution in [-0.4, -0.2) is 32.6 Å². The fourth-order valence-corrected chi connectivity index (χ4v) is 0.815. The summed E-state index contributed by atoms with van der Waals surface area (Å²) in [7, 11) is -5.95. The molecule has 0 aliphatic carbocycles. The average molecular weight is 298 g/mol. The second kappa shape index (κ2) is 4.89. The third kappa shape index (κ3) is 3.92. The molecule has 4 nitrogen and oxygen atoms in total. The molecule has 2 unspecified atom stereocenters. The summed E-state index contributed by atoms with van der Waals surface area (Å²) in [6.45, 7) is 0. The molecule has 2 atom stereocenters. The van der Waals surface area contributed by atoms with Crippen molar-refractivity contribution in [3.05, 3.63) is 0 Å². The standard InChI is InChI=1S/C4H2F8O4S/c5-1(2(6)17(13,14)16-12)15-4(10,11)3(7,8)9/h1-2H. The second-order valence-electron chi connectivity index (χ2n) is 2.39. The van der Waals surface area contributed by atoms with E-state index in [0.717, 1.165) is 0 Å². The third-order valence-electron chi connectivity index (χ3n) is 1.16. The van der Waals surface area contributed by atoms with Gasteiger partial charge in [-0.15, -0.1) is 0 Å². The van der Waals surface area contributed by atoms with Gasteiger partial charge in [0.15, 0.2) is 0 Å². The Balaban J connectivity index is 4.84. The first-order valence-corrected chi connectivity index (χ1v) is 4.77. The molecule has 0 aliphatic rings. The van der Waals surface area contributed by atoms with E-state index in [9.17, 15) is 43.7 Å². The third-order valence-corrected chi connectivity index (χ3v) is 2.10. The van der Waals surface area contributed by atoms with Crippen LogP contribution in [0.25, 0.3) is 0 Å². The van der Waals surface area contributed by atoms with Crippen LogP contribution in [0, 0.1) is 0 Å². The summed E-state index contributed by atoms with van der Waals surface area (Å²) >= 11 is 0. The first-order chi connectivity index (χ1) is 7.35. The van der Waals surface area contributed by atoms with Crippen molar-refractivity contribution in [2.24, 2.45) is 0 Å². The van der Waals surface area contributed by atoms with Gasteiger partial charge in [0.05, 0.1) is 0 Å². The first-order valence-electron chi connectivity index (χ1n) is 3.29. The lowest BCUT2D eigenvalue weighted by Gasteiger charge is -2.22. The molecule has 0 aromatic rings. The van der Waals surface area contributed by atoms with Gasteiger partial charge in [0.1, 0.15) is 0 Å². The Hall–Kier alpha value is -0.690. The Kier molecular flexibility index (Phi) is 4.70. The van der Waals surface area contributed by atoms with Gasteiger partial charge in [-0.3, -0.25) is 4.74 Å². The lowest BCUT2D eigenvalue weighted by molar-refractivity contribution is -0.415. The summed E-state index contributed by atoms with van der Waals surface area (Å²) < 4.78 is 118. The fraction of sp³-hybridized carbons (Fsp3) is 1.00. The number of halogens is 8. The molecule has 0 rings (SSSR count). The van der Waals surface area contributed by atoms with Gasteiger partial charge in [-0.25, -0.2) is 8.78 Å². The van der Waals surface area contributed by atoms with E-state index in [4.69, 9.17) is 0 Å². The van der Waals surface area contributed by atoms with E-state index in [1.54, 1.807) is 0 Å². The molecular formula is C4H2F8O4S. The molecule has 0 spiro atoms. The van der Waals surface area contributed by atoms with Crippen LogP contribution in [0.15, 0.2) is 0 Å². The van der Waals surface area contributed by atoms with Crippen molar-refractivity contribution in [3.8, 4) is 0 Å². The summed E-state index contributed by atoms with van der Waals surface area (Å²) in [5, 5.41) is 0. The highest BCUT2D eigenvalue weighted by molar-refractivity contribution is 7.87. The van der Waals surface area contributed by atoms with Crippen LogP contribution in [0.2, 0.25) is 0 Å². The maximum atomic E-state index is 12.3. The van der Waals surface area contributed by atoms with E-state index in [1.165, 1.54) is 0 Å². The predicted molar refractivity (Wildman–Crippen MR) is 33.0 cm³/mol. The molecule has 0 aromatic heterocycles. The molecule has 0 amide bonds. The minimum atomic E-state index is -6.41. The summed E-state index contributed by atoms with van der Waals surface area (Å²) in [5.74, 6) is 0. The number of alkyl halides is 7. The highest BCUT2D eigenvalue weighted by Gasteiger charge is 2.62. The number of hydrogen-bond acceptors (Lipinski definition) is 4. The van der Waals surface area contributed by atoms with Crippen LogP contribution in [0.1, 0.15) is 0 Å². The lowest BCUT2D eigenvalue weighted by Crippen LogP contribution is -2.44. The van der Waals surface area contributed by atoms with E-state index in [-0.39, 0.29) is 0 Å². The molecule has 0 saturated heterocycles. The second-order valence-corrected chi connectivity index (χ2v) is 3.95. The minimum absolute atomic E-state index is 1.87. The number of ether oxygens (including phenoxy) is 1. The van der Waals surface area contributed by atoms with Crippen LogP contribution in [0.3, 0.4) is 0 Å². The first kappa shape index (κ1) is 16.3. The van der Waals surface area contributed by atoms with Crippen molar-refractivity contribution >= 4 is 10.1 Å². The smallest absolute Gasteiger partial charge is 0.274 e. The molecular weight excluding hydrogens is 296 g/mol. The Labute approximate surface area is 88.1 Å². The van der Waals surface area contributed by atoms with Crippen molar-refractivity contribution in [3.63, 3.8) is 0 Å². The Bertz CT molecular complexity index is 349. The Morgan fingerprint density at radius 2 is 1.41 bits per heavy atom.